The number of aldehydes is 1. The van der Waals surface area contributed by atoms with E-state index in [0.717, 1.165) is 0 Å². The molecule has 1 aromatic carbocycles. The van der Waals surface area contributed by atoms with Gasteiger partial charge in [-0.05, 0) is 6.07 Å². The predicted molar refractivity (Wildman–Crippen MR) is 54.8 cm³/mol. The van der Waals surface area contributed by atoms with E-state index in [9.17, 15) is 14.7 Å². The van der Waals surface area contributed by atoms with Gasteiger partial charge in [0.25, 0.3) is 0 Å². The Morgan fingerprint density at radius 1 is 1.40 bits per heavy atom. The van der Waals surface area contributed by atoms with E-state index in [1.807, 2.05) is 0 Å². The zero-order valence-electron chi connectivity index (χ0n) is 7.88. The van der Waals surface area contributed by atoms with Gasteiger partial charge in [0, 0.05) is 11.1 Å². The van der Waals surface area contributed by atoms with Crippen LogP contribution in [-0.4, -0.2) is 22.5 Å². The molecule has 0 bridgehead atoms. The second-order valence-electron chi connectivity index (χ2n) is 2.90. The molecule has 0 saturated carbocycles. The molecule has 0 aromatic heterocycles. The zero-order valence-corrected chi connectivity index (χ0v) is 7.88. The Kier molecular flexibility index (Phi) is 3.62. The SMILES string of the molecule is O=Cc1cccc(O)c1C=CCC(=O)O. The number of phenolic OH excluding ortho intramolecular Hbond substituents is 1. The number of hydrogen-bond acceptors (Lipinski definition) is 3. The standard InChI is InChI=1S/C11H10O4/c12-7-8-3-1-5-10(13)9(8)4-2-6-11(14)15/h1-5,7,13H,6H2,(H,14,15). The van der Waals surface area contributed by atoms with Crippen molar-refractivity contribution in [1.29, 1.82) is 0 Å². The summed E-state index contributed by atoms with van der Waals surface area (Å²) >= 11 is 0. The van der Waals surface area contributed by atoms with E-state index in [1.165, 1.54) is 18.2 Å². The molecule has 2 N–H and O–H groups in total. The van der Waals surface area contributed by atoms with Crippen LogP contribution in [0.25, 0.3) is 6.08 Å². The lowest BCUT2D eigenvalue weighted by Gasteiger charge is -2.01. The molecule has 0 aliphatic carbocycles. The number of aliphatic carboxylic acids is 1. The number of carbonyl (C=O) groups excluding carboxylic acids is 1. The minimum atomic E-state index is -0.964. The van der Waals surface area contributed by atoms with Crippen LogP contribution >= 0.6 is 0 Å². The van der Waals surface area contributed by atoms with Crippen molar-refractivity contribution in [2.24, 2.45) is 0 Å². The maximum absolute atomic E-state index is 10.6. The van der Waals surface area contributed by atoms with Crippen molar-refractivity contribution in [3.8, 4) is 5.75 Å². The van der Waals surface area contributed by atoms with Gasteiger partial charge in [-0.15, -0.1) is 0 Å². The maximum Gasteiger partial charge on any atom is 0.307 e. The van der Waals surface area contributed by atoms with Crippen LogP contribution in [0.15, 0.2) is 24.3 Å². The van der Waals surface area contributed by atoms with Gasteiger partial charge in [-0.2, -0.15) is 0 Å². The van der Waals surface area contributed by atoms with Gasteiger partial charge in [0.1, 0.15) is 5.75 Å². The molecule has 4 heteroatoms. The van der Waals surface area contributed by atoms with Gasteiger partial charge in [-0.1, -0.05) is 24.3 Å². The molecule has 0 heterocycles. The summed E-state index contributed by atoms with van der Waals surface area (Å²) in [5.41, 5.74) is 0.672. The minimum absolute atomic E-state index is 0.0405. The van der Waals surface area contributed by atoms with Gasteiger partial charge in [-0.3, -0.25) is 9.59 Å². The lowest BCUT2D eigenvalue weighted by atomic mass is 10.1. The first-order chi connectivity index (χ1) is 7.15. The topological polar surface area (TPSA) is 74.6 Å². The van der Waals surface area contributed by atoms with Gasteiger partial charge < -0.3 is 10.2 Å². The average molecular weight is 206 g/mol. The summed E-state index contributed by atoms with van der Waals surface area (Å²) in [5.74, 6) is -1.00. The van der Waals surface area contributed by atoms with Crippen molar-refractivity contribution < 1.29 is 19.8 Å². The molecule has 0 saturated heterocycles. The highest BCUT2D eigenvalue weighted by Gasteiger charge is 2.03. The molecule has 78 valence electrons. The second kappa shape index (κ2) is 4.95. The minimum Gasteiger partial charge on any atom is -0.507 e. The number of hydrogen-bond donors (Lipinski definition) is 2. The Bertz CT molecular complexity index is 407. The fraction of sp³-hybridized carbons (Fsp3) is 0.0909. The lowest BCUT2D eigenvalue weighted by molar-refractivity contribution is -0.135. The van der Waals surface area contributed by atoms with Crippen LogP contribution in [0, 0.1) is 0 Å². The molecular formula is C11H10O4. The zero-order chi connectivity index (χ0) is 11.3. The molecule has 1 rings (SSSR count). The number of rotatable bonds is 4. The number of carboxylic acid groups (broad SMARTS) is 1. The molecule has 0 atom stereocenters. The van der Waals surface area contributed by atoms with Crippen molar-refractivity contribution in [3.63, 3.8) is 0 Å². The van der Waals surface area contributed by atoms with Crippen LogP contribution in [0.4, 0.5) is 0 Å². The second-order valence-corrected chi connectivity index (χ2v) is 2.90. The summed E-state index contributed by atoms with van der Waals surface area (Å²) in [7, 11) is 0. The van der Waals surface area contributed by atoms with Crippen LogP contribution in [0.3, 0.4) is 0 Å². The van der Waals surface area contributed by atoms with Gasteiger partial charge in [0.2, 0.25) is 0 Å². The largest absolute Gasteiger partial charge is 0.507 e. The van der Waals surface area contributed by atoms with E-state index in [0.29, 0.717) is 17.4 Å². The average Bonchev–Trinajstić information content (AvgIpc) is 2.20. The van der Waals surface area contributed by atoms with Crippen LogP contribution in [0.2, 0.25) is 0 Å². The van der Waals surface area contributed by atoms with Gasteiger partial charge >= 0.3 is 5.97 Å². The van der Waals surface area contributed by atoms with Crippen LogP contribution in [0.5, 0.6) is 5.75 Å². The third-order valence-electron chi connectivity index (χ3n) is 1.82. The molecule has 0 aliphatic rings. The van der Waals surface area contributed by atoms with Crippen molar-refractivity contribution >= 4 is 18.3 Å². The normalized spacial score (nSPS) is 10.4. The third kappa shape index (κ3) is 2.95. The summed E-state index contributed by atoms with van der Waals surface area (Å²) in [6, 6.07) is 4.54. The Hall–Kier alpha value is -2.10. The smallest absolute Gasteiger partial charge is 0.307 e. The van der Waals surface area contributed by atoms with Crippen molar-refractivity contribution in [1.82, 2.24) is 0 Å². The Balaban J connectivity index is 2.97. The Labute approximate surface area is 86.5 Å². The Morgan fingerprint density at radius 2 is 2.13 bits per heavy atom. The highest BCUT2D eigenvalue weighted by Crippen LogP contribution is 2.21. The van der Waals surface area contributed by atoms with E-state index in [4.69, 9.17) is 5.11 Å². The summed E-state index contributed by atoms with van der Waals surface area (Å²) < 4.78 is 0. The van der Waals surface area contributed by atoms with Crippen LogP contribution in [0.1, 0.15) is 22.3 Å². The Morgan fingerprint density at radius 3 is 2.73 bits per heavy atom. The monoisotopic (exact) mass is 206 g/mol. The van der Waals surface area contributed by atoms with E-state index < -0.39 is 5.97 Å². The van der Waals surface area contributed by atoms with Gasteiger partial charge in [0.15, 0.2) is 6.29 Å². The molecular weight excluding hydrogens is 196 g/mol. The van der Waals surface area contributed by atoms with Crippen LogP contribution in [-0.2, 0) is 4.79 Å². The molecule has 0 aliphatic heterocycles. The first kappa shape index (κ1) is 11.0. The maximum atomic E-state index is 10.6. The quantitative estimate of drug-likeness (QED) is 0.735. The summed E-state index contributed by atoms with van der Waals surface area (Å²) in [6.07, 6.45) is 3.27. The molecule has 0 radical (unpaired) electrons. The molecule has 0 amide bonds. The summed E-state index contributed by atoms with van der Waals surface area (Å²) in [6.45, 7) is 0. The fourth-order valence-electron chi connectivity index (χ4n) is 1.13. The van der Waals surface area contributed by atoms with Crippen molar-refractivity contribution in [3.05, 3.63) is 35.4 Å². The molecule has 0 unspecified atom stereocenters. The van der Waals surface area contributed by atoms with E-state index in [1.54, 1.807) is 12.1 Å². The highest BCUT2D eigenvalue weighted by atomic mass is 16.4. The molecule has 1 aromatic rings. The highest BCUT2D eigenvalue weighted by molar-refractivity contribution is 5.84. The predicted octanol–water partition coefficient (Wildman–Crippen LogP) is 1.69. The fourth-order valence-corrected chi connectivity index (χ4v) is 1.13. The molecule has 0 spiro atoms. The lowest BCUT2D eigenvalue weighted by Crippen LogP contribution is -1.91. The van der Waals surface area contributed by atoms with E-state index >= 15 is 0 Å². The number of benzene rings is 1. The summed E-state index contributed by atoms with van der Waals surface area (Å²) in [4.78, 5) is 20.9. The number of phenols is 1. The van der Waals surface area contributed by atoms with E-state index in [-0.39, 0.29) is 12.2 Å². The molecule has 15 heavy (non-hydrogen) atoms. The van der Waals surface area contributed by atoms with E-state index in [2.05, 4.69) is 0 Å². The first-order valence-corrected chi connectivity index (χ1v) is 4.30. The third-order valence-corrected chi connectivity index (χ3v) is 1.82. The summed E-state index contributed by atoms with van der Waals surface area (Å²) in [5, 5.41) is 17.8. The van der Waals surface area contributed by atoms with Crippen LogP contribution < -0.4 is 0 Å². The molecule has 4 nitrogen and oxygen atoms in total. The van der Waals surface area contributed by atoms with Gasteiger partial charge in [-0.25, -0.2) is 0 Å². The number of carbonyl (C=O) groups is 2. The number of aromatic hydroxyl groups is 1. The molecule has 0 fully saturated rings. The van der Waals surface area contributed by atoms with Gasteiger partial charge in [0.05, 0.1) is 6.42 Å². The first-order valence-electron chi connectivity index (χ1n) is 4.30. The number of carboxylic acids is 1. The van der Waals surface area contributed by atoms with Crippen molar-refractivity contribution in [2.75, 3.05) is 0 Å². The van der Waals surface area contributed by atoms with Crippen molar-refractivity contribution in [2.45, 2.75) is 6.42 Å².